The summed E-state index contributed by atoms with van der Waals surface area (Å²) in [5, 5.41) is 13.6. The van der Waals surface area contributed by atoms with E-state index >= 15 is 0 Å². The van der Waals surface area contributed by atoms with Gasteiger partial charge in [0.25, 0.3) is 0 Å². The number of unbranched alkanes of at least 4 members (excludes halogenated alkanes) is 1. The van der Waals surface area contributed by atoms with Crippen molar-refractivity contribution in [1.29, 1.82) is 5.26 Å². The van der Waals surface area contributed by atoms with Gasteiger partial charge in [-0.25, -0.2) is 4.79 Å². The molecule has 6 nitrogen and oxygen atoms in total. The van der Waals surface area contributed by atoms with Gasteiger partial charge in [-0.15, -0.1) is 0 Å². The molecule has 33 heavy (non-hydrogen) atoms. The molecular weight excluding hydrogens is 416 g/mol. The van der Waals surface area contributed by atoms with Gasteiger partial charge in [-0.1, -0.05) is 44.5 Å². The average Bonchev–Trinajstić information content (AvgIpc) is 2.85. The van der Waals surface area contributed by atoms with E-state index in [0.717, 1.165) is 49.9 Å². The molecule has 6 heteroatoms. The minimum atomic E-state index is -0.584. The molecule has 0 aliphatic rings. The number of carbonyl (C=O) groups is 1. The van der Waals surface area contributed by atoms with Crippen molar-refractivity contribution in [3.05, 3.63) is 59.2 Å². The molecule has 0 spiro atoms. The topological polar surface area (TPSA) is 80.6 Å². The lowest BCUT2D eigenvalue weighted by atomic mass is 9.69. The molecule has 0 saturated heterocycles. The van der Waals surface area contributed by atoms with Crippen LogP contribution in [0.3, 0.4) is 0 Å². The van der Waals surface area contributed by atoms with Crippen molar-refractivity contribution < 1.29 is 19.0 Å². The van der Waals surface area contributed by atoms with Crippen molar-refractivity contribution >= 4 is 5.97 Å². The highest BCUT2D eigenvalue weighted by Gasteiger charge is 2.36. The van der Waals surface area contributed by atoms with Crippen LogP contribution < -0.4 is 14.8 Å². The molecule has 0 bridgehead atoms. The van der Waals surface area contributed by atoms with E-state index in [4.69, 9.17) is 14.2 Å². The zero-order chi connectivity index (χ0) is 24.3. The van der Waals surface area contributed by atoms with Crippen LogP contribution in [0.2, 0.25) is 0 Å². The first kappa shape index (κ1) is 26.2. The first-order chi connectivity index (χ1) is 15.9. The Morgan fingerprint density at radius 2 is 1.76 bits per heavy atom. The van der Waals surface area contributed by atoms with Crippen molar-refractivity contribution in [3.8, 4) is 17.6 Å². The van der Waals surface area contributed by atoms with Crippen LogP contribution in [0.5, 0.6) is 11.5 Å². The molecule has 2 aromatic carbocycles. The highest BCUT2D eigenvalue weighted by Crippen LogP contribution is 2.40. The fraction of sp³-hybridized carbons (Fsp3) is 0.481. The third kappa shape index (κ3) is 6.49. The predicted octanol–water partition coefficient (Wildman–Crippen LogP) is 4.91. The van der Waals surface area contributed by atoms with Gasteiger partial charge in [-0.2, -0.15) is 5.26 Å². The zero-order valence-corrected chi connectivity index (χ0v) is 20.4. The summed E-state index contributed by atoms with van der Waals surface area (Å²) in [6, 6.07) is 15.9. The Labute approximate surface area is 197 Å². The van der Waals surface area contributed by atoms with Crippen LogP contribution in [0.4, 0.5) is 0 Å². The summed E-state index contributed by atoms with van der Waals surface area (Å²) in [4.78, 5) is 11.9. The number of esters is 1. The predicted molar refractivity (Wildman–Crippen MR) is 130 cm³/mol. The van der Waals surface area contributed by atoms with Crippen LogP contribution in [-0.2, 0) is 16.6 Å². The highest BCUT2D eigenvalue weighted by molar-refractivity contribution is 5.90. The van der Waals surface area contributed by atoms with Gasteiger partial charge in [-0.05, 0) is 67.6 Å². The minimum Gasteiger partial charge on any atom is -0.493 e. The molecule has 1 atom stereocenters. The maximum Gasteiger partial charge on any atom is 0.338 e. The Hall–Kier alpha value is -3.04. The quantitative estimate of drug-likeness (QED) is 0.344. The second-order valence-electron chi connectivity index (χ2n) is 8.41. The molecule has 178 valence electrons. The normalized spacial score (nSPS) is 12.6. The van der Waals surface area contributed by atoms with Crippen molar-refractivity contribution in [1.82, 2.24) is 5.32 Å². The molecule has 1 N–H and O–H groups in total. The van der Waals surface area contributed by atoms with Crippen LogP contribution in [0, 0.1) is 17.2 Å². The standard InChI is InChI=1S/C27H36N2O4/c1-20(2)27(19-28,22-12-13-24(31-3)25(18-22)32-4)15-8-9-16-29-17-14-21-10-6-7-11-23(21)26(30)33-5/h6-7,10-13,18,20,29H,8-9,14-17H2,1-5H3. The number of ether oxygens (including phenoxy) is 3. The zero-order valence-electron chi connectivity index (χ0n) is 20.4. The number of carbonyl (C=O) groups excluding carboxylic acids is 1. The summed E-state index contributed by atoms with van der Waals surface area (Å²) in [5.41, 5.74) is 1.98. The number of hydrogen-bond acceptors (Lipinski definition) is 6. The maximum absolute atomic E-state index is 11.9. The fourth-order valence-electron chi connectivity index (χ4n) is 4.18. The molecule has 0 aliphatic heterocycles. The summed E-state index contributed by atoms with van der Waals surface area (Å²) >= 11 is 0. The van der Waals surface area contributed by atoms with Crippen molar-refractivity contribution in [2.75, 3.05) is 34.4 Å². The van der Waals surface area contributed by atoms with Crippen LogP contribution in [0.25, 0.3) is 0 Å². The molecule has 0 amide bonds. The minimum absolute atomic E-state index is 0.156. The Bertz CT molecular complexity index is 951. The van der Waals surface area contributed by atoms with E-state index in [9.17, 15) is 10.1 Å². The molecule has 0 heterocycles. The van der Waals surface area contributed by atoms with E-state index in [1.807, 2.05) is 36.4 Å². The van der Waals surface area contributed by atoms with Crippen molar-refractivity contribution in [2.24, 2.45) is 5.92 Å². The fourth-order valence-corrected chi connectivity index (χ4v) is 4.18. The molecular formula is C27H36N2O4. The van der Waals surface area contributed by atoms with Gasteiger partial charge in [0, 0.05) is 0 Å². The highest BCUT2D eigenvalue weighted by atomic mass is 16.5. The Kier molecular flexibility index (Phi) is 10.2. The van der Waals surface area contributed by atoms with Gasteiger partial charge in [0.05, 0.1) is 38.4 Å². The molecule has 0 fully saturated rings. The maximum atomic E-state index is 11.9. The lowest BCUT2D eigenvalue weighted by molar-refractivity contribution is 0.0599. The summed E-state index contributed by atoms with van der Waals surface area (Å²) < 4.78 is 15.7. The molecule has 1 unspecified atom stereocenters. The van der Waals surface area contributed by atoms with Crippen molar-refractivity contribution in [2.45, 2.75) is 44.9 Å². The van der Waals surface area contributed by atoms with Gasteiger partial charge in [0.1, 0.15) is 0 Å². The number of benzene rings is 2. The molecule has 0 aliphatic carbocycles. The molecule has 0 saturated carbocycles. The first-order valence-corrected chi connectivity index (χ1v) is 11.4. The van der Waals surface area contributed by atoms with E-state index in [0.29, 0.717) is 17.1 Å². The average molecular weight is 453 g/mol. The monoisotopic (exact) mass is 452 g/mol. The van der Waals surface area contributed by atoms with Crippen LogP contribution in [0.15, 0.2) is 42.5 Å². The summed E-state index contributed by atoms with van der Waals surface area (Å²) in [5.74, 6) is 1.16. The number of nitrogens with zero attached hydrogens (tertiary/aromatic N) is 1. The molecule has 0 radical (unpaired) electrons. The summed E-state index contributed by atoms with van der Waals surface area (Å²) in [6.07, 6.45) is 3.41. The number of nitrogens with one attached hydrogen (secondary N) is 1. The molecule has 2 aromatic rings. The summed E-state index contributed by atoms with van der Waals surface area (Å²) in [6.45, 7) is 5.82. The number of methoxy groups -OCH3 is 3. The lowest BCUT2D eigenvalue weighted by Crippen LogP contribution is -2.31. The van der Waals surface area contributed by atoms with Gasteiger partial charge in [-0.3, -0.25) is 0 Å². The largest absolute Gasteiger partial charge is 0.493 e. The van der Waals surface area contributed by atoms with E-state index in [2.05, 4.69) is 25.2 Å². The Morgan fingerprint density at radius 1 is 1.03 bits per heavy atom. The Morgan fingerprint density at radius 3 is 2.39 bits per heavy atom. The number of hydrogen-bond donors (Lipinski definition) is 1. The van der Waals surface area contributed by atoms with Gasteiger partial charge in [0.2, 0.25) is 0 Å². The Balaban J connectivity index is 1.91. The molecule has 2 rings (SSSR count). The third-order valence-electron chi connectivity index (χ3n) is 6.25. The van der Waals surface area contributed by atoms with E-state index in [1.54, 1.807) is 20.3 Å². The number of nitriles is 1. The second-order valence-corrected chi connectivity index (χ2v) is 8.41. The van der Waals surface area contributed by atoms with Crippen LogP contribution >= 0.6 is 0 Å². The second kappa shape index (κ2) is 12.9. The lowest BCUT2D eigenvalue weighted by Gasteiger charge is -2.32. The van der Waals surface area contributed by atoms with Crippen LogP contribution in [0.1, 0.15) is 54.6 Å². The van der Waals surface area contributed by atoms with Gasteiger partial charge in [0.15, 0.2) is 11.5 Å². The number of rotatable bonds is 13. The third-order valence-corrected chi connectivity index (χ3v) is 6.25. The van der Waals surface area contributed by atoms with E-state index in [1.165, 1.54) is 7.11 Å². The van der Waals surface area contributed by atoms with E-state index in [-0.39, 0.29) is 11.9 Å². The smallest absolute Gasteiger partial charge is 0.338 e. The van der Waals surface area contributed by atoms with Crippen molar-refractivity contribution in [3.63, 3.8) is 0 Å². The van der Waals surface area contributed by atoms with Crippen LogP contribution in [-0.4, -0.2) is 40.4 Å². The van der Waals surface area contributed by atoms with Gasteiger partial charge < -0.3 is 19.5 Å². The first-order valence-electron chi connectivity index (χ1n) is 11.4. The van der Waals surface area contributed by atoms with Gasteiger partial charge >= 0.3 is 5.97 Å². The molecule has 0 aromatic heterocycles. The SMILES string of the molecule is COC(=O)c1ccccc1CCNCCCCC(C#N)(c1ccc(OC)c(OC)c1)C(C)C. The van der Waals surface area contributed by atoms with E-state index < -0.39 is 5.41 Å². The summed E-state index contributed by atoms with van der Waals surface area (Å²) in [7, 11) is 4.62.